The maximum Gasteiger partial charge on any atom is 0.507 e. The molecule has 0 unspecified atom stereocenters. The number of fused-ring (bicyclic) bond motifs is 1. The second-order valence-electron chi connectivity index (χ2n) is 6.24. The summed E-state index contributed by atoms with van der Waals surface area (Å²) in [6.45, 7) is 1.70. The van der Waals surface area contributed by atoms with Crippen LogP contribution in [0.1, 0.15) is 4.88 Å². The first kappa shape index (κ1) is 20.4. The van der Waals surface area contributed by atoms with E-state index in [1.165, 1.54) is 29.0 Å². The molecule has 0 radical (unpaired) electrons. The van der Waals surface area contributed by atoms with Gasteiger partial charge in [-0.05, 0) is 31.2 Å². The lowest BCUT2D eigenvalue weighted by Crippen LogP contribution is -2.52. The number of hydrogen-bond acceptors (Lipinski definition) is 5. The highest BCUT2D eigenvalue weighted by Crippen LogP contribution is 2.47. The molecule has 0 saturated carbocycles. The van der Waals surface area contributed by atoms with Crippen LogP contribution in [0.4, 0.5) is 17.6 Å². The van der Waals surface area contributed by atoms with E-state index >= 15 is 0 Å². The molecule has 2 aromatic carbocycles. The highest BCUT2D eigenvalue weighted by molar-refractivity contribution is 7.90. The van der Waals surface area contributed by atoms with Crippen LogP contribution in [0.5, 0.6) is 11.5 Å². The van der Waals surface area contributed by atoms with E-state index in [0.717, 1.165) is 23.5 Å². The lowest BCUT2D eigenvalue weighted by molar-refractivity contribution is -0.391. The summed E-state index contributed by atoms with van der Waals surface area (Å²) in [5, 5.41) is 0. The van der Waals surface area contributed by atoms with Gasteiger partial charge in [0.2, 0.25) is 4.80 Å². The molecule has 0 aliphatic carbocycles. The van der Waals surface area contributed by atoms with Gasteiger partial charge in [0.1, 0.15) is 0 Å². The third-order valence-electron chi connectivity index (χ3n) is 4.03. The van der Waals surface area contributed by atoms with Crippen molar-refractivity contribution in [2.45, 2.75) is 24.0 Å². The van der Waals surface area contributed by atoms with Crippen LogP contribution in [0.15, 0.2) is 64.0 Å². The molecular weight excluding hydrogens is 448 g/mol. The lowest BCUT2D eigenvalue weighted by atomic mass is 10.2. The number of alkyl halides is 4. The van der Waals surface area contributed by atoms with Gasteiger partial charge in [0.05, 0.1) is 10.6 Å². The fraction of sp³-hybridized carbons (Fsp3) is 0.167. The first-order chi connectivity index (χ1) is 14.0. The summed E-state index contributed by atoms with van der Waals surface area (Å²) in [7, 11) is -4.04. The number of aromatic nitrogens is 1. The Morgan fingerprint density at radius 3 is 2.27 bits per heavy atom. The van der Waals surface area contributed by atoms with Gasteiger partial charge in [-0.15, -0.1) is 15.7 Å². The van der Waals surface area contributed by atoms with Gasteiger partial charge in [0, 0.05) is 17.1 Å². The van der Waals surface area contributed by atoms with Gasteiger partial charge < -0.3 is 9.47 Å². The third kappa shape index (κ3) is 3.56. The van der Waals surface area contributed by atoms with Crippen molar-refractivity contribution in [3.05, 3.63) is 64.4 Å². The second-order valence-corrected chi connectivity index (χ2v) is 9.06. The summed E-state index contributed by atoms with van der Waals surface area (Å²) in [5.74, 6) is -1.19. The molecule has 0 fully saturated rings. The van der Waals surface area contributed by atoms with Crippen LogP contribution in [-0.2, 0) is 10.0 Å². The van der Waals surface area contributed by atoms with Crippen LogP contribution in [0.3, 0.4) is 0 Å². The van der Waals surface area contributed by atoms with Crippen LogP contribution >= 0.6 is 11.3 Å². The Hall–Kier alpha value is -2.86. The van der Waals surface area contributed by atoms with E-state index in [-0.39, 0.29) is 15.4 Å². The molecule has 1 aliphatic rings. The SMILES string of the molecule is Cc1cn(-c2ccc3c(c2)OC(F)(F)C(F)(F)O3)/c(=N/S(=O)(=O)c2ccccc2)s1. The van der Waals surface area contributed by atoms with Crippen molar-refractivity contribution < 1.29 is 35.5 Å². The number of benzene rings is 2. The first-order valence-corrected chi connectivity index (χ1v) is 10.6. The van der Waals surface area contributed by atoms with Crippen molar-refractivity contribution in [2.75, 3.05) is 0 Å². The predicted octanol–water partition coefficient (Wildman–Crippen LogP) is 4.09. The number of hydrogen-bond donors (Lipinski definition) is 0. The molecule has 1 aliphatic heterocycles. The molecule has 3 aromatic rings. The van der Waals surface area contributed by atoms with E-state index in [1.54, 1.807) is 25.1 Å². The largest absolute Gasteiger partial charge is 0.507 e. The van der Waals surface area contributed by atoms with E-state index in [0.29, 0.717) is 4.88 Å². The van der Waals surface area contributed by atoms with Gasteiger partial charge in [0.25, 0.3) is 10.0 Å². The topological polar surface area (TPSA) is 69.9 Å². The Kier molecular flexibility index (Phi) is 4.66. The molecule has 0 saturated heterocycles. The van der Waals surface area contributed by atoms with E-state index < -0.39 is 33.7 Å². The monoisotopic (exact) mass is 460 g/mol. The second kappa shape index (κ2) is 6.84. The summed E-state index contributed by atoms with van der Waals surface area (Å²) >= 11 is 1.04. The van der Waals surface area contributed by atoms with E-state index in [2.05, 4.69) is 13.9 Å². The smallest absolute Gasteiger partial charge is 0.421 e. The van der Waals surface area contributed by atoms with Crippen molar-refractivity contribution in [1.29, 1.82) is 0 Å². The standard InChI is InChI=1S/C18H12F4N2O4S2/c1-11-10-24(16(29-11)23-30(25,26)13-5-3-2-4-6-13)12-7-8-14-15(9-12)28-18(21,22)17(19,20)27-14/h2-10H,1H3/b23-16-. The van der Waals surface area contributed by atoms with Crippen molar-refractivity contribution in [1.82, 2.24) is 4.57 Å². The maximum atomic E-state index is 13.5. The highest BCUT2D eigenvalue weighted by atomic mass is 32.2. The molecule has 0 bridgehead atoms. The zero-order valence-electron chi connectivity index (χ0n) is 15.1. The van der Waals surface area contributed by atoms with E-state index in [9.17, 15) is 26.0 Å². The van der Waals surface area contributed by atoms with Gasteiger partial charge in [-0.1, -0.05) is 18.2 Å². The van der Waals surface area contributed by atoms with Crippen molar-refractivity contribution in [3.63, 3.8) is 0 Å². The Morgan fingerprint density at radius 1 is 0.967 bits per heavy atom. The van der Waals surface area contributed by atoms with E-state index in [4.69, 9.17) is 0 Å². The van der Waals surface area contributed by atoms with E-state index in [1.807, 2.05) is 0 Å². The Balaban J connectivity index is 1.81. The maximum absolute atomic E-state index is 13.5. The molecule has 2 heterocycles. The molecule has 4 rings (SSSR count). The minimum atomic E-state index is -4.86. The molecule has 0 N–H and O–H groups in total. The average molecular weight is 460 g/mol. The number of thiazole rings is 1. The summed E-state index contributed by atoms with van der Waals surface area (Å²) in [6, 6.07) is 10.9. The van der Waals surface area contributed by atoms with Crippen molar-refractivity contribution >= 4 is 21.4 Å². The normalized spacial score (nSPS) is 17.7. The van der Waals surface area contributed by atoms with Gasteiger partial charge in [-0.25, -0.2) is 0 Å². The number of rotatable bonds is 3. The lowest BCUT2D eigenvalue weighted by Gasteiger charge is -2.31. The van der Waals surface area contributed by atoms with Crippen LogP contribution in [0.2, 0.25) is 0 Å². The van der Waals surface area contributed by atoms with Crippen LogP contribution < -0.4 is 14.3 Å². The molecular formula is C18H12F4N2O4S2. The number of ether oxygens (including phenoxy) is 2. The molecule has 6 nitrogen and oxygen atoms in total. The fourth-order valence-corrected chi connectivity index (χ4v) is 4.70. The molecule has 1 aromatic heterocycles. The molecule has 30 heavy (non-hydrogen) atoms. The predicted molar refractivity (Wildman–Crippen MR) is 98.7 cm³/mol. The van der Waals surface area contributed by atoms with Crippen molar-refractivity contribution in [2.24, 2.45) is 4.40 Å². The molecule has 12 heteroatoms. The van der Waals surface area contributed by atoms with Crippen LogP contribution in [-0.4, -0.2) is 25.2 Å². The minimum Gasteiger partial charge on any atom is -0.421 e. The van der Waals surface area contributed by atoms with Crippen LogP contribution in [0.25, 0.3) is 5.69 Å². The number of halogens is 4. The zero-order chi connectivity index (χ0) is 21.7. The van der Waals surface area contributed by atoms with Gasteiger partial charge in [-0.3, -0.25) is 4.57 Å². The number of nitrogens with zero attached hydrogens (tertiary/aromatic N) is 2. The Bertz CT molecular complexity index is 1290. The minimum absolute atomic E-state index is 0.0216. The highest BCUT2D eigenvalue weighted by Gasteiger charge is 2.65. The summed E-state index contributed by atoms with van der Waals surface area (Å²) < 4.78 is 92.2. The Labute approximate surface area is 171 Å². The number of aryl methyl sites for hydroxylation is 1. The molecule has 0 amide bonds. The van der Waals surface area contributed by atoms with Gasteiger partial charge >= 0.3 is 12.2 Å². The molecule has 158 valence electrons. The fourth-order valence-electron chi connectivity index (χ4n) is 2.66. The summed E-state index contributed by atoms with van der Waals surface area (Å²) in [5.41, 5.74) is 0.171. The molecule has 0 spiro atoms. The average Bonchev–Trinajstić information content (AvgIpc) is 3.02. The first-order valence-electron chi connectivity index (χ1n) is 8.32. The summed E-state index contributed by atoms with van der Waals surface area (Å²) in [6.07, 6.45) is -8.15. The third-order valence-corrected chi connectivity index (χ3v) is 6.32. The molecule has 0 atom stereocenters. The Morgan fingerprint density at radius 2 is 1.60 bits per heavy atom. The quantitative estimate of drug-likeness (QED) is 0.552. The number of sulfonamides is 1. The van der Waals surface area contributed by atoms with Crippen LogP contribution in [0, 0.1) is 6.92 Å². The van der Waals surface area contributed by atoms with Gasteiger partial charge in [-0.2, -0.15) is 26.0 Å². The zero-order valence-corrected chi connectivity index (χ0v) is 16.7. The van der Waals surface area contributed by atoms with Gasteiger partial charge in [0.15, 0.2) is 11.5 Å². The van der Waals surface area contributed by atoms with Crippen molar-refractivity contribution in [3.8, 4) is 17.2 Å². The summed E-state index contributed by atoms with van der Waals surface area (Å²) in [4.78, 5) is 0.681.